The quantitative estimate of drug-likeness (QED) is 0.589. The van der Waals surface area contributed by atoms with Crippen molar-refractivity contribution in [2.45, 2.75) is 6.54 Å². The first-order chi connectivity index (χ1) is 11.6. The van der Waals surface area contributed by atoms with Gasteiger partial charge in [-0.1, -0.05) is 53.0 Å². The van der Waals surface area contributed by atoms with E-state index in [0.29, 0.717) is 33.4 Å². The predicted octanol–water partition coefficient (Wildman–Crippen LogP) is 5.79. The molecule has 0 saturated heterocycles. The summed E-state index contributed by atoms with van der Waals surface area (Å²) in [4.78, 5) is 8.60. The number of rotatable bonds is 5. The molecule has 1 aromatic heterocycles. The maximum atomic E-state index is 6.15. The van der Waals surface area contributed by atoms with Crippen LogP contribution in [0.5, 0.6) is 0 Å². The van der Waals surface area contributed by atoms with Gasteiger partial charge >= 0.3 is 0 Å². The first-order valence-corrected chi connectivity index (χ1v) is 8.27. The summed E-state index contributed by atoms with van der Waals surface area (Å²) in [5.41, 5.74) is 1.71. The van der Waals surface area contributed by atoms with E-state index in [4.69, 9.17) is 34.8 Å². The Labute approximate surface area is 154 Å². The molecule has 24 heavy (non-hydrogen) atoms. The molecule has 0 unspecified atom stereocenters. The second kappa shape index (κ2) is 7.71. The van der Waals surface area contributed by atoms with Crippen LogP contribution in [-0.2, 0) is 6.54 Å². The molecule has 2 aromatic carbocycles. The summed E-state index contributed by atoms with van der Waals surface area (Å²) in [5.74, 6) is 1.12. The fourth-order valence-electron chi connectivity index (χ4n) is 2.10. The van der Waals surface area contributed by atoms with Gasteiger partial charge < -0.3 is 10.6 Å². The van der Waals surface area contributed by atoms with Crippen molar-refractivity contribution in [3.63, 3.8) is 0 Å². The van der Waals surface area contributed by atoms with E-state index in [2.05, 4.69) is 20.6 Å². The van der Waals surface area contributed by atoms with Gasteiger partial charge in [0.15, 0.2) is 0 Å². The van der Waals surface area contributed by atoms with Gasteiger partial charge in [0.1, 0.15) is 5.82 Å². The van der Waals surface area contributed by atoms with Crippen LogP contribution in [0.4, 0.5) is 17.5 Å². The van der Waals surface area contributed by atoms with Crippen LogP contribution in [0.2, 0.25) is 15.1 Å². The van der Waals surface area contributed by atoms with Crippen molar-refractivity contribution in [3.05, 3.63) is 75.4 Å². The number of nitrogens with zero attached hydrogens (tertiary/aromatic N) is 2. The third kappa shape index (κ3) is 4.51. The highest BCUT2D eigenvalue weighted by atomic mass is 35.5. The van der Waals surface area contributed by atoms with Crippen molar-refractivity contribution in [1.82, 2.24) is 9.97 Å². The van der Waals surface area contributed by atoms with E-state index < -0.39 is 0 Å². The number of hydrogen-bond acceptors (Lipinski definition) is 4. The van der Waals surface area contributed by atoms with Crippen molar-refractivity contribution in [3.8, 4) is 0 Å². The van der Waals surface area contributed by atoms with Crippen molar-refractivity contribution >= 4 is 52.3 Å². The summed E-state index contributed by atoms with van der Waals surface area (Å²) in [7, 11) is 0. The van der Waals surface area contributed by atoms with Gasteiger partial charge in [-0.25, -0.2) is 4.98 Å². The van der Waals surface area contributed by atoms with Crippen LogP contribution >= 0.6 is 34.8 Å². The minimum atomic E-state index is 0.442. The third-order valence-corrected chi connectivity index (χ3v) is 4.00. The Kier molecular flexibility index (Phi) is 5.41. The molecule has 0 saturated carbocycles. The maximum absolute atomic E-state index is 6.15. The SMILES string of the molecule is Clc1cc(Cl)cc(Nc2nccc(NCc3ccccc3Cl)n2)c1. The van der Waals surface area contributed by atoms with E-state index in [0.717, 1.165) is 11.3 Å². The molecule has 1 heterocycles. The molecule has 0 aliphatic heterocycles. The van der Waals surface area contributed by atoms with Gasteiger partial charge in [0, 0.05) is 33.5 Å². The molecule has 0 aliphatic carbocycles. The monoisotopic (exact) mass is 378 g/mol. The highest BCUT2D eigenvalue weighted by Crippen LogP contribution is 2.24. The van der Waals surface area contributed by atoms with Crippen LogP contribution in [-0.4, -0.2) is 9.97 Å². The lowest BCUT2D eigenvalue weighted by atomic mass is 10.2. The van der Waals surface area contributed by atoms with Crippen LogP contribution in [0.15, 0.2) is 54.7 Å². The zero-order valence-electron chi connectivity index (χ0n) is 12.4. The predicted molar refractivity (Wildman–Crippen MR) is 101 cm³/mol. The Balaban J connectivity index is 1.71. The molecule has 3 rings (SSSR count). The summed E-state index contributed by atoms with van der Waals surface area (Å²) in [6.07, 6.45) is 1.66. The third-order valence-electron chi connectivity index (χ3n) is 3.19. The van der Waals surface area contributed by atoms with Gasteiger partial charge in [-0.15, -0.1) is 0 Å². The average molecular weight is 380 g/mol. The van der Waals surface area contributed by atoms with Gasteiger partial charge in [0.05, 0.1) is 0 Å². The minimum Gasteiger partial charge on any atom is -0.366 e. The molecular weight excluding hydrogens is 367 g/mol. The van der Waals surface area contributed by atoms with Crippen molar-refractivity contribution in [2.24, 2.45) is 0 Å². The van der Waals surface area contributed by atoms with Crippen molar-refractivity contribution in [1.29, 1.82) is 0 Å². The van der Waals surface area contributed by atoms with Crippen LogP contribution in [0.1, 0.15) is 5.56 Å². The Morgan fingerprint density at radius 3 is 2.42 bits per heavy atom. The first kappa shape index (κ1) is 16.8. The van der Waals surface area contributed by atoms with E-state index in [1.807, 2.05) is 24.3 Å². The molecule has 4 nitrogen and oxygen atoms in total. The Hall–Kier alpha value is -2.01. The van der Waals surface area contributed by atoms with Gasteiger partial charge in [-0.05, 0) is 35.9 Å². The lowest BCUT2D eigenvalue weighted by Crippen LogP contribution is -2.04. The summed E-state index contributed by atoms with van der Waals surface area (Å²) < 4.78 is 0. The molecule has 122 valence electrons. The van der Waals surface area contributed by atoms with Gasteiger partial charge in [-0.3, -0.25) is 0 Å². The molecular formula is C17H13Cl3N4. The fraction of sp³-hybridized carbons (Fsp3) is 0.0588. The second-order valence-electron chi connectivity index (χ2n) is 4.99. The normalized spacial score (nSPS) is 10.5. The molecule has 0 atom stereocenters. The number of halogens is 3. The highest BCUT2D eigenvalue weighted by Gasteiger charge is 2.04. The lowest BCUT2D eigenvalue weighted by molar-refractivity contribution is 1.08. The zero-order chi connectivity index (χ0) is 16.9. The van der Waals surface area contributed by atoms with Gasteiger partial charge in [0.25, 0.3) is 0 Å². The maximum Gasteiger partial charge on any atom is 0.229 e. The number of benzene rings is 2. The van der Waals surface area contributed by atoms with Crippen molar-refractivity contribution < 1.29 is 0 Å². The molecule has 7 heteroatoms. The Morgan fingerprint density at radius 2 is 1.67 bits per heavy atom. The fourth-order valence-corrected chi connectivity index (χ4v) is 2.83. The minimum absolute atomic E-state index is 0.442. The number of aromatic nitrogens is 2. The molecule has 0 amide bonds. The summed E-state index contributed by atoms with van der Waals surface area (Å²) >= 11 is 18.1. The smallest absolute Gasteiger partial charge is 0.229 e. The number of nitrogens with one attached hydrogen (secondary N) is 2. The van der Waals surface area contributed by atoms with Crippen LogP contribution in [0.25, 0.3) is 0 Å². The molecule has 0 fully saturated rings. The van der Waals surface area contributed by atoms with E-state index in [1.54, 1.807) is 30.5 Å². The van der Waals surface area contributed by atoms with Crippen LogP contribution in [0, 0.1) is 0 Å². The molecule has 0 radical (unpaired) electrons. The van der Waals surface area contributed by atoms with Crippen molar-refractivity contribution in [2.75, 3.05) is 10.6 Å². The number of anilines is 3. The van der Waals surface area contributed by atoms with Gasteiger partial charge in [0.2, 0.25) is 5.95 Å². The summed E-state index contributed by atoms with van der Waals surface area (Å²) in [6.45, 7) is 0.569. The summed E-state index contributed by atoms with van der Waals surface area (Å²) in [5, 5.41) is 8.09. The number of hydrogen-bond donors (Lipinski definition) is 2. The standard InChI is InChI=1S/C17H13Cl3N4/c18-12-7-13(19)9-14(8-12)23-17-21-6-5-16(24-17)22-10-11-3-1-2-4-15(11)20/h1-9H,10H2,(H2,21,22,23,24). The average Bonchev–Trinajstić information content (AvgIpc) is 2.53. The van der Waals surface area contributed by atoms with E-state index in [-0.39, 0.29) is 0 Å². The van der Waals surface area contributed by atoms with E-state index in [1.165, 1.54) is 0 Å². The second-order valence-corrected chi connectivity index (χ2v) is 6.27. The first-order valence-electron chi connectivity index (χ1n) is 7.13. The molecule has 0 bridgehead atoms. The van der Waals surface area contributed by atoms with Crippen LogP contribution < -0.4 is 10.6 Å². The lowest BCUT2D eigenvalue weighted by Gasteiger charge is -2.10. The van der Waals surface area contributed by atoms with E-state index in [9.17, 15) is 0 Å². The van der Waals surface area contributed by atoms with Crippen LogP contribution in [0.3, 0.4) is 0 Å². The Morgan fingerprint density at radius 1 is 0.917 bits per heavy atom. The van der Waals surface area contributed by atoms with Gasteiger partial charge in [-0.2, -0.15) is 4.98 Å². The van der Waals surface area contributed by atoms with E-state index >= 15 is 0 Å². The molecule has 0 spiro atoms. The molecule has 3 aromatic rings. The Bertz CT molecular complexity index is 834. The molecule has 0 aliphatic rings. The summed E-state index contributed by atoms with van der Waals surface area (Å²) in [6, 6.07) is 14.6. The zero-order valence-corrected chi connectivity index (χ0v) is 14.7. The highest BCUT2D eigenvalue weighted by molar-refractivity contribution is 6.35. The largest absolute Gasteiger partial charge is 0.366 e. The topological polar surface area (TPSA) is 49.8 Å². The molecule has 2 N–H and O–H groups in total.